The van der Waals surface area contributed by atoms with Crippen molar-refractivity contribution in [3.8, 4) is 0 Å². The van der Waals surface area contributed by atoms with Crippen LogP contribution in [0, 0.1) is 13.8 Å². The Hall–Kier alpha value is -1.29. The van der Waals surface area contributed by atoms with Gasteiger partial charge >= 0.3 is 0 Å². The van der Waals surface area contributed by atoms with Crippen LogP contribution in [0.15, 0.2) is 12.1 Å². The average molecular weight is 181 g/mol. The van der Waals surface area contributed by atoms with E-state index in [-0.39, 0.29) is 5.91 Å². The van der Waals surface area contributed by atoms with Gasteiger partial charge in [0.25, 0.3) is 0 Å². The predicted molar refractivity (Wildman–Crippen MR) is 51.9 cm³/mol. The van der Waals surface area contributed by atoms with E-state index in [0.717, 1.165) is 11.4 Å². The molecule has 0 aliphatic heterocycles. The minimum atomic E-state index is -0.0510. The van der Waals surface area contributed by atoms with E-state index in [0.29, 0.717) is 13.0 Å². The van der Waals surface area contributed by atoms with Crippen molar-refractivity contribution >= 4 is 5.91 Å². The lowest BCUT2D eigenvalue weighted by atomic mass is 10.4. The fourth-order valence-corrected chi connectivity index (χ4v) is 1.16. The van der Waals surface area contributed by atoms with Gasteiger partial charge in [-0.25, -0.2) is 0 Å². The molecule has 0 unspecified atom stereocenters. The Labute approximate surface area is 77.7 Å². The summed E-state index contributed by atoms with van der Waals surface area (Å²) < 4.78 is 1.76. The van der Waals surface area contributed by atoms with Crippen LogP contribution in [0.5, 0.6) is 0 Å². The molecule has 1 heterocycles. The molecule has 1 rings (SSSR count). The summed E-state index contributed by atoms with van der Waals surface area (Å²) in [6, 6.07) is 3.91. The smallest absolute Gasteiger partial charge is 0.240 e. The van der Waals surface area contributed by atoms with Crippen molar-refractivity contribution in [2.75, 3.05) is 12.0 Å². The second kappa shape index (κ2) is 4.09. The number of nitrogens with two attached hydrogens (primary N) is 1. The summed E-state index contributed by atoms with van der Waals surface area (Å²) in [6.45, 7) is 4.26. The second-order valence-electron chi connectivity index (χ2n) is 3.03. The zero-order chi connectivity index (χ0) is 9.84. The van der Waals surface area contributed by atoms with E-state index in [1.54, 1.807) is 4.68 Å². The van der Waals surface area contributed by atoms with Gasteiger partial charge in [0.05, 0.1) is 0 Å². The SMILES string of the molecule is Cc1ccc(C)n1NC(=O)CCN. The highest BCUT2D eigenvalue weighted by Crippen LogP contribution is 2.03. The molecule has 1 aromatic heterocycles. The Bertz CT molecular complexity index is 284. The number of carbonyl (C=O) groups is 1. The van der Waals surface area contributed by atoms with Crippen LogP contribution in [0.25, 0.3) is 0 Å². The topological polar surface area (TPSA) is 60.0 Å². The predicted octanol–water partition coefficient (Wildman–Crippen LogP) is 0.524. The number of carbonyl (C=O) groups excluding carboxylic acids is 1. The van der Waals surface area contributed by atoms with E-state index in [4.69, 9.17) is 5.73 Å². The van der Waals surface area contributed by atoms with Crippen molar-refractivity contribution in [2.24, 2.45) is 5.73 Å². The standard InChI is InChI=1S/C9H15N3O/c1-7-3-4-8(2)12(7)11-9(13)5-6-10/h3-4H,5-6,10H2,1-2H3,(H,11,13). The zero-order valence-electron chi connectivity index (χ0n) is 8.00. The van der Waals surface area contributed by atoms with Gasteiger partial charge in [0, 0.05) is 24.4 Å². The van der Waals surface area contributed by atoms with Crippen LogP contribution in [-0.2, 0) is 4.79 Å². The maximum absolute atomic E-state index is 11.2. The molecule has 3 N–H and O–H groups in total. The van der Waals surface area contributed by atoms with Gasteiger partial charge in [-0.15, -0.1) is 0 Å². The van der Waals surface area contributed by atoms with Gasteiger partial charge in [-0.3, -0.25) is 14.9 Å². The summed E-state index contributed by atoms with van der Waals surface area (Å²) in [7, 11) is 0. The van der Waals surface area contributed by atoms with Crippen molar-refractivity contribution < 1.29 is 4.79 Å². The van der Waals surface area contributed by atoms with E-state index < -0.39 is 0 Å². The van der Waals surface area contributed by atoms with Crippen molar-refractivity contribution in [3.63, 3.8) is 0 Å². The van der Waals surface area contributed by atoms with Gasteiger partial charge in [-0.2, -0.15) is 0 Å². The summed E-state index contributed by atoms with van der Waals surface area (Å²) >= 11 is 0. The molecule has 1 aromatic rings. The van der Waals surface area contributed by atoms with Gasteiger partial charge in [0.15, 0.2) is 0 Å². The number of aromatic nitrogens is 1. The Balaban J connectivity index is 2.68. The minimum absolute atomic E-state index is 0.0510. The van der Waals surface area contributed by atoms with Crippen LogP contribution >= 0.6 is 0 Å². The lowest BCUT2D eigenvalue weighted by molar-refractivity contribution is -0.116. The minimum Gasteiger partial charge on any atom is -0.330 e. The quantitative estimate of drug-likeness (QED) is 0.714. The molecule has 4 nitrogen and oxygen atoms in total. The normalized spacial score (nSPS) is 10.1. The Kier molecular flexibility index (Phi) is 3.08. The maximum atomic E-state index is 11.2. The molecule has 0 spiro atoms. The van der Waals surface area contributed by atoms with Crippen LogP contribution in [0.2, 0.25) is 0 Å². The molecule has 1 amide bonds. The van der Waals surface area contributed by atoms with E-state index >= 15 is 0 Å². The first-order valence-electron chi connectivity index (χ1n) is 4.30. The summed E-state index contributed by atoms with van der Waals surface area (Å²) in [5.74, 6) is -0.0510. The first-order valence-corrected chi connectivity index (χ1v) is 4.30. The van der Waals surface area contributed by atoms with Gasteiger partial charge in [-0.1, -0.05) is 0 Å². The highest BCUT2D eigenvalue weighted by atomic mass is 16.2. The van der Waals surface area contributed by atoms with E-state index in [2.05, 4.69) is 5.43 Å². The third-order valence-electron chi connectivity index (χ3n) is 1.88. The molecule has 0 aromatic carbocycles. The fraction of sp³-hybridized carbons (Fsp3) is 0.444. The largest absolute Gasteiger partial charge is 0.330 e. The molecule has 0 aliphatic rings. The van der Waals surface area contributed by atoms with E-state index in [1.165, 1.54) is 0 Å². The van der Waals surface area contributed by atoms with E-state index in [1.807, 2.05) is 26.0 Å². The van der Waals surface area contributed by atoms with Gasteiger partial charge < -0.3 is 5.73 Å². The van der Waals surface area contributed by atoms with Crippen molar-refractivity contribution in [2.45, 2.75) is 20.3 Å². The summed E-state index contributed by atoms with van der Waals surface area (Å²) in [6.07, 6.45) is 0.358. The Morgan fingerprint density at radius 1 is 1.46 bits per heavy atom. The average Bonchev–Trinajstić information content (AvgIpc) is 2.36. The third kappa shape index (κ3) is 2.32. The molecule has 13 heavy (non-hydrogen) atoms. The van der Waals surface area contributed by atoms with Crippen LogP contribution < -0.4 is 11.2 Å². The Morgan fingerprint density at radius 2 is 2.00 bits per heavy atom. The molecule has 0 saturated carbocycles. The first kappa shape index (κ1) is 9.80. The number of hydrogen-bond donors (Lipinski definition) is 2. The molecule has 0 saturated heterocycles. The molecular formula is C9H15N3O. The summed E-state index contributed by atoms with van der Waals surface area (Å²) in [5, 5.41) is 0. The number of nitrogens with zero attached hydrogens (tertiary/aromatic N) is 1. The zero-order valence-corrected chi connectivity index (χ0v) is 8.00. The molecular weight excluding hydrogens is 166 g/mol. The first-order chi connectivity index (χ1) is 6.15. The van der Waals surface area contributed by atoms with Gasteiger partial charge in [-0.05, 0) is 26.0 Å². The number of hydrogen-bond acceptors (Lipinski definition) is 2. The van der Waals surface area contributed by atoms with Crippen LogP contribution in [0.4, 0.5) is 0 Å². The summed E-state index contributed by atoms with van der Waals surface area (Å²) in [5.41, 5.74) is 10.1. The monoisotopic (exact) mass is 181 g/mol. The maximum Gasteiger partial charge on any atom is 0.240 e. The molecule has 4 heteroatoms. The van der Waals surface area contributed by atoms with E-state index in [9.17, 15) is 4.79 Å². The Morgan fingerprint density at radius 3 is 2.46 bits per heavy atom. The fourth-order valence-electron chi connectivity index (χ4n) is 1.16. The molecule has 0 atom stereocenters. The lowest BCUT2D eigenvalue weighted by Gasteiger charge is -2.10. The van der Waals surface area contributed by atoms with Crippen LogP contribution in [0.3, 0.4) is 0 Å². The highest BCUT2D eigenvalue weighted by Gasteiger charge is 2.04. The molecule has 0 radical (unpaired) electrons. The summed E-state index contributed by atoms with van der Waals surface area (Å²) in [4.78, 5) is 11.2. The molecule has 0 fully saturated rings. The molecule has 72 valence electrons. The number of rotatable bonds is 3. The van der Waals surface area contributed by atoms with Crippen molar-refractivity contribution in [3.05, 3.63) is 23.5 Å². The number of aryl methyl sites for hydroxylation is 2. The number of amides is 1. The van der Waals surface area contributed by atoms with Crippen molar-refractivity contribution in [1.29, 1.82) is 0 Å². The third-order valence-corrected chi connectivity index (χ3v) is 1.88. The van der Waals surface area contributed by atoms with Crippen molar-refractivity contribution in [1.82, 2.24) is 4.68 Å². The molecule has 0 aliphatic carbocycles. The van der Waals surface area contributed by atoms with Gasteiger partial charge in [0.2, 0.25) is 5.91 Å². The second-order valence-corrected chi connectivity index (χ2v) is 3.03. The lowest BCUT2D eigenvalue weighted by Crippen LogP contribution is -2.26. The number of nitrogens with one attached hydrogen (secondary N) is 1. The van der Waals surface area contributed by atoms with Gasteiger partial charge in [0.1, 0.15) is 0 Å². The highest BCUT2D eigenvalue weighted by molar-refractivity contribution is 5.83. The van der Waals surface area contributed by atoms with Crippen LogP contribution in [-0.4, -0.2) is 17.1 Å². The van der Waals surface area contributed by atoms with Crippen LogP contribution in [0.1, 0.15) is 17.8 Å². The molecule has 0 bridgehead atoms.